The molecule has 1 aliphatic heterocycles. The molecule has 1 heterocycles. The first-order valence-corrected chi connectivity index (χ1v) is 14.2. The van der Waals surface area contributed by atoms with Crippen LogP contribution in [0.15, 0.2) is 42.5 Å². The van der Waals surface area contributed by atoms with Crippen LogP contribution in [0.4, 0.5) is 11.4 Å². The van der Waals surface area contributed by atoms with E-state index >= 15 is 0 Å². The predicted molar refractivity (Wildman–Crippen MR) is 149 cm³/mol. The smallest absolute Gasteiger partial charge is 0.238 e. The molecular formula is C29H40N2O4S. The van der Waals surface area contributed by atoms with Crippen molar-refractivity contribution in [2.45, 2.75) is 76.5 Å². The Balaban J connectivity index is 1.61. The molecule has 1 fully saturated rings. The maximum absolute atomic E-state index is 12.9. The van der Waals surface area contributed by atoms with Gasteiger partial charge in [0.15, 0.2) is 0 Å². The van der Waals surface area contributed by atoms with Gasteiger partial charge in [0.1, 0.15) is 16.9 Å². The van der Waals surface area contributed by atoms with Crippen LogP contribution in [0.1, 0.15) is 82.1 Å². The number of nitrogens with one attached hydrogen (secondary N) is 1. The number of methoxy groups -OCH3 is 2. The van der Waals surface area contributed by atoms with Crippen molar-refractivity contribution < 1.29 is 19.1 Å². The summed E-state index contributed by atoms with van der Waals surface area (Å²) in [5, 5.41) is 2.84. The Kier molecular flexibility index (Phi) is 11.5. The van der Waals surface area contributed by atoms with Crippen molar-refractivity contribution in [3.63, 3.8) is 0 Å². The molecule has 3 rings (SSSR count). The first-order valence-electron chi connectivity index (χ1n) is 13.1. The summed E-state index contributed by atoms with van der Waals surface area (Å²) in [6.07, 6.45) is 11.5. The minimum absolute atomic E-state index is 0.00397. The molecule has 1 atom stereocenters. The zero-order chi connectivity index (χ0) is 25.8. The van der Waals surface area contributed by atoms with Crippen molar-refractivity contribution in [1.29, 1.82) is 0 Å². The third kappa shape index (κ3) is 7.66. The minimum Gasteiger partial charge on any atom is -0.497 e. The van der Waals surface area contributed by atoms with Crippen LogP contribution in [0.5, 0.6) is 11.5 Å². The van der Waals surface area contributed by atoms with E-state index in [0.29, 0.717) is 29.4 Å². The summed E-state index contributed by atoms with van der Waals surface area (Å²) in [6, 6.07) is 13.2. The topological polar surface area (TPSA) is 67.9 Å². The van der Waals surface area contributed by atoms with E-state index in [-0.39, 0.29) is 17.2 Å². The second kappa shape index (κ2) is 14.8. The number of anilines is 2. The largest absolute Gasteiger partial charge is 0.497 e. The van der Waals surface area contributed by atoms with Crippen LogP contribution < -0.4 is 19.7 Å². The van der Waals surface area contributed by atoms with Crippen LogP contribution >= 0.6 is 11.8 Å². The summed E-state index contributed by atoms with van der Waals surface area (Å²) in [7, 11) is 3.18. The van der Waals surface area contributed by atoms with E-state index in [4.69, 9.17) is 9.47 Å². The van der Waals surface area contributed by atoms with E-state index < -0.39 is 0 Å². The molecule has 0 aliphatic carbocycles. The second-order valence-electron chi connectivity index (χ2n) is 9.18. The molecule has 1 aliphatic rings. The molecule has 1 unspecified atom stereocenters. The van der Waals surface area contributed by atoms with Gasteiger partial charge >= 0.3 is 0 Å². The van der Waals surface area contributed by atoms with Gasteiger partial charge in [0.2, 0.25) is 11.8 Å². The number of hydrogen-bond acceptors (Lipinski definition) is 5. The molecule has 1 saturated heterocycles. The first-order chi connectivity index (χ1) is 17.6. The third-order valence-corrected chi connectivity index (χ3v) is 7.72. The molecule has 1 N–H and O–H groups in total. The number of benzene rings is 2. The standard InChI is InChI=1S/C29H40N2O4S/c1-4-5-6-7-8-9-10-11-12-17-27(32)30-24-16-14-13-15-23(24)29-31(28(33)21-36-29)25-19-18-22(34-2)20-26(25)35-3/h13-16,18-20,29H,4-12,17,21H2,1-3H3,(H,30,32). The van der Waals surface area contributed by atoms with Crippen LogP contribution in [0.25, 0.3) is 0 Å². The molecule has 2 aromatic carbocycles. The monoisotopic (exact) mass is 512 g/mol. The lowest BCUT2D eigenvalue weighted by molar-refractivity contribution is -0.116. The Morgan fingerprint density at radius 1 is 0.972 bits per heavy atom. The molecule has 196 valence electrons. The van der Waals surface area contributed by atoms with Crippen molar-refractivity contribution >= 4 is 35.0 Å². The molecule has 36 heavy (non-hydrogen) atoms. The highest BCUT2D eigenvalue weighted by Gasteiger charge is 2.37. The van der Waals surface area contributed by atoms with E-state index in [1.807, 2.05) is 36.4 Å². The molecule has 6 nitrogen and oxygen atoms in total. The molecule has 0 spiro atoms. The Hall–Kier alpha value is -2.67. The second-order valence-corrected chi connectivity index (χ2v) is 10.2. The van der Waals surface area contributed by atoms with Crippen molar-refractivity contribution in [2.24, 2.45) is 0 Å². The van der Waals surface area contributed by atoms with Crippen LogP contribution in [0, 0.1) is 0 Å². The normalized spacial score (nSPS) is 15.2. The fourth-order valence-corrected chi connectivity index (χ4v) is 5.74. The van der Waals surface area contributed by atoms with Gasteiger partial charge in [0, 0.05) is 23.7 Å². The van der Waals surface area contributed by atoms with Gasteiger partial charge in [-0.2, -0.15) is 0 Å². The van der Waals surface area contributed by atoms with Gasteiger partial charge in [0.25, 0.3) is 0 Å². The zero-order valence-electron chi connectivity index (χ0n) is 21.9. The summed E-state index contributed by atoms with van der Waals surface area (Å²) in [5.41, 5.74) is 2.35. The molecule has 0 radical (unpaired) electrons. The van der Waals surface area contributed by atoms with Crippen molar-refractivity contribution in [3.8, 4) is 11.5 Å². The predicted octanol–water partition coefficient (Wildman–Crippen LogP) is 7.34. The summed E-state index contributed by atoms with van der Waals surface area (Å²) in [5.74, 6) is 1.62. The van der Waals surface area contributed by atoms with Gasteiger partial charge in [-0.05, 0) is 24.6 Å². The number of thioether (sulfide) groups is 1. The SMILES string of the molecule is CCCCCCCCCCCC(=O)Nc1ccccc1C1SCC(=O)N1c1ccc(OC)cc1OC. The van der Waals surface area contributed by atoms with E-state index in [1.54, 1.807) is 36.9 Å². The Morgan fingerprint density at radius 3 is 2.36 bits per heavy atom. The van der Waals surface area contributed by atoms with Gasteiger partial charge in [-0.3, -0.25) is 14.5 Å². The van der Waals surface area contributed by atoms with Gasteiger partial charge in [0.05, 0.1) is 25.7 Å². The molecule has 0 aromatic heterocycles. The lowest BCUT2D eigenvalue weighted by Gasteiger charge is -2.27. The van der Waals surface area contributed by atoms with Crippen LogP contribution in [-0.4, -0.2) is 31.8 Å². The fraction of sp³-hybridized carbons (Fsp3) is 0.517. The van der Waals surface area contributed by atoms with Crippen LogP contribution in [0.2, 0.25) is 0 Å². The number of rotatable bonds is 15. The number of para-hydroxylation sites is 1. The molecule has 0 saturated carbocycles. The maximum Gasteiger partial charge on any atom is 0.238 e. The summed E-state index contributed by atoms with van der Waals surface area (Å²) < 4.78 is 10.9. The van der Waals surface area contributed by atoms with Gasteiger partial charge < -0.3 is 14.8 Å². The van der Waals surface area contributed by atoms with E-state index in [9.17, 15) is 9.59 Å². The van der Waals surface area contributed by atoms with Crippen LogP contribution in [-0.2, 0) is 9.59 Å². The molecule has 2 amide bonds. The molecule has 2 aromatic rings. The fourth-order valence-electron chi connectivity index (χ4n) is 4.53. The summed E-state index contributed by atoms with van der Waals surface area (Å²) in [6.45, 7) is 2.24. The third-order valence-electron chi connectivity index (χ3n) is 6.52. The highest BCUT2D eigenvalue weighted by molar-refractivity contribution is 8.00. The highest BCUT2D eigenvalue weighted by atomic mass is 32.2. The molecular weight excluding hydrogens is 472 g/mol. The highest BCUT2D eigenvalue weighted by Crippen LogP contribution is 2.47. The number of ether oxygens (including phenoxy) is 2. The van der Waals surface area contributed by atoms with E-state index in [2.05, 4.69) is 12.2 Å². The number of nitrogens with zero attached hydrogens (tertiary/aromatic N) is 1. The van der Waals surface area contributed by atoms with Crippen molar-refractivity contribution in [1.82, 2.24) is 0 Å². The van der Waals surface area contributed by atoms with Gasteiger partial charge in [-0.25, -0.2) is 0 Å². The Morgan fingerprint density at radius 2 is 1.67 bits per heavy atom. The van der Waals surface area contributed by atoms with Crippen LogP contribution in [0.3, 0.4) is 0 Å². The number of amides is 2. The van der Waals surface area contributed by atoms with E-state index in [0.717, 1.165) is 24.1 Å². The Labute approximate surface area is 220 Å². The van der Waals surface area contributed by atoms with Crippen molar-refractivity contribution in [2.75, 3.05) is 30.2 Å². The minimum atomic E-state index is -0.260. The Bertz CT molecular complexity index is 997. The van der Waals surface area contributed by atoms with Crippen molar-refractivity contribution in [3.05, 3.63) is 48.0 Å². The first kappa shape index (κ1) is 27.9. The number of hydrogen-bond donors (Lipinski definition) is 1. The zero-order valence-corrected chi connectivity index (χ0v) is 22.7. The van der Waals surface area contributed by atoms with Gasteiger partial charge in [-0.15, -0.1) is 11.8 Å². The molecule has 7 heteroatoms. The summed E-state index contributed by atoms with van der Waals surface area (Å²) >= 11 is 1.55. The lowest BCUT2D eigenvalue weighted by atomic mass is 10.1. The maximum atomic E-state index is 12.9. The molecule has 0 bridgehead atoms. The average Bonchev–Trinajstić information content (AvgIpc) is 3.28. The quantitative estimate of drug-likeness (QED) is 0.253. The van der Waals surface area contributed by atoms with E-state index in [1.165, 1.54) is 44.9 Å². The summed E-state index contributed by atoms with van der Waals surface area (Å²) in [4.78, 5) is 27.4. The number of unbranched alkanes of at least 4 members (excludes halogenated alkanes) is 8. The lowest BCUT2D eigenvalue weighted by Crippen LogP contribution is -2.29. The number of carbonyl (C=O) groups excluding carboxylic acids is 2. The average molecular weight is 513 g/mol. The van der Waals surface area contributed by atoms with Gasteiger partial charge in [-0.1, -0.05) is 76.5 Å². The number of carbonyl (C=O) groups is 2.